The minimum absolute atomic E-state index is 0. The molecule has 3 N–H and O–H groups in total. The fourth-order valence-corrected chi connectivity index (χ4v) is 7.93. The van der Waals surface area contributed by atoms with Crippen molar-refractivity contribution in [1.82, 2.24) is 0 Å². The Labute approximate surface area is 459 Å². The molecule has 0 aliphatic carbocycles. The number of sulfone groups is 2. The van der Waals surface area contributed by atoms with E-state index in [0.717, 1.165) is 30.3 Å². The first-order valence-electron chi connectivity index (χ1n) is 14.8. The van der Waals surface area contributed by atoms with Crippen LogP contribution in [0, 0.1) is 0 Å². The molecule has 0 heterocycles. The van der Waals surface area contributed by atoms with Crippen molar-refractivity contribution in [3.8, 4) is 5.75 Å². The maximum atomic E-state index is 12.5. The van der Waals surface area contributed by atoms with Crippen LogP contribution in [0.3, 0.4) is 0 Å². The molecule has 3 aromatic rings. The maximum absolute atomic E-state index is 12.5. The van der Waals surface area contributed by atoms with Gasteiger partial charge in [0.1, 0.15) is 25.9 Å². The van der Waals surface area contributed by atoms with Crippen LogP contribution in [0.5, 0.6) is 5.75 Å². The molecule has 0 unspecified atom stereocenters. The summed E-state index contributed by atoms with van der Waals surface area (Å²) in [6.07, 6.45) is 0. The minimum atomic E-state index is -5.39. The van der Waals surface area contributed by atoms with Crippen LogP contribution in [-0.4, -0.2) is 120 Å². The van der Waals surface area contributed by atoms with Gasteiger partial charge in [0.15, 0.2) is 31.3 Å². The van der Waals surface area contributed by atoms with Gasteiger partial charge in [0, 0.05) is 17.0 Å². The number of benzene rings is 3. The molecule has 0 fully saturated rings. The Kier molecular flexibility index (Phi) is 29.9. The maximum Gasteiger partial charge on any atom is 2.00 e. The fourth-order valence-electron chi connectivity index (χ4n) is 4.01. The molecular formula is C27H24ClCuN6Na4O18S5+. The molecule has 1 radical (unpaired) electrons. The third-order valence-corrected chi connectivity index (χ3v) is 12.5. The van der Waals surface area contributed by atoms with Crippen LogP contribution < -0.4 is 129 Å². The number of hydrogen-bond donors (Lipinski definition) is 3. The average molecular weight is 1070 g/mol. The van der Waals surface area contributed by atoms with Crippen LogP contribution in [-0.2, 0) is 71.6 Å². The van der Waals surface area contributed by atoms with Gasteiger partial charge in [-0.2, -0.15) is 0 Å². The van der Waals surface area contributed by atoms with Crippen LogP contribution in [0.2, 0.25) is 0 Å². The number of amidine groups is 2. The van der Waals surface area contributed by atoms with E-state index in [9.17, 15) is 75.9 Å². The Bertz CT molecular complexity index is 2700. The van der Waals surface area contributed by atoms with Gasteiger partial charge >= 0.3 is 141 Å². The van der Waals surface area contributed by atoms with Gasteiger partial charge in [-0.25, -0.2) is 46.9 Å². The summed E-state index contributed by atoms with van der Waals surface area (Å²) in [5.41, 5.74) is 0.396. The molecule has 0 atom stereocenters. The second-order valence-electron chi connectivity index (χ2n) is 10.7. The largest absolute Gasteiger partial charge is 2.00 e. The summed E-state index contributed by atoms with van der Waals surface area (Å²) >= 11 is 5.55. The second-order valence-corrected chi connectivity index (χ2v) is 19.3. The van der Waals surface area contributed by atoms with Crippen LogP contribution in [0.25, 0.3) is 5.43 Å². The number of anilines is 1. The van der Waals surface area contributed by atoms with E-state index >= 15 is 0 Å². The molecule has 3 aromatic carbocycles. The third kappa shape index (κ3) is 21.5. The van der Waals surface area contributed by atoms with Gasteiger partial charge in [-0.15, -0.1) is 27.5 Å². The molecule has 0 bridgehead atoms. The van der Waals surface area contributed by atoms with E-state index in [1.54, 1.807) is 0 Å². The first kappa shape index (κ1) is 65.9. The van der Waals surface area contributed by atoms with Gasteiger partial charge < -0.3 is 44.8 Å². The number of aromatic carboxylic acids is 1. The van der Waals surface area contributed by atoms with E-state index in [1.807, 2.05) is 5.32 Å². The van der Waals surface area contributed by atoms with Crippen molar-refractivity contribution in [2.45, 2.75) is 14.7 Å². The summed E-state index contributed by atoms with van der Waals surface area (Å²) < 4.78 is 155. The van der Waals surface area contributed by atoms with Gasteiger partial charge in [-0.1, -0.05) is 6.07 Å². The number of halogens is 1. The zero-order valence-electron chi connectivity index (χ0n) is 32.3. The van der Waals surface area contributed by atoms with Crippen molar-refractivity contribution >= 4 is 96.8 Å². The summed E-state index contributed by atoms with van der Waals surface area (Å²) in [4.78, 5) is 12.8. The third-order valence-electron chi connectivity index (χ3n) is 6.68. The summed E-state index contributed by atoms with van der Waals surface area (Å²) in [5.74, 6) is -5.96. The smallest absolute Gasteiger partial charge is 0.846 e. The van der Waals surface area contributed by atoms with Gasteiger partial charge in [-0.3, -0.25) is 9.18 Å². The molecule has 321 valence electrons. The Hall–Kier alpha value is -0.331. The molecule has 0 saturated heterocycles. The van der Waals surface area contributed by atoms with Crippen LogP contribution in [0.15, 0.2) is 89.6 Å². The normalized spacial score (nSPS) is 12.4. The van der Waals surface area contributed by atoms with Crippen molar-refractivity contribution in [3.63, 3.8) is 0 Å². The summed E-state index contributed by atoms with van der Waals surface area (Å²) in [6.45, 7) is -1.81. The molecule has 0 aliphatic rings. The Morgan fingerprint density at radius 3 is 1.87 bits per heavy atom. The molecular weight excluding hydrogens is 1050 g/mol. The number of nitrogens with zero attached hydrogens (tertiary/aromatic N) is 5. The minimum Gasteiger partial charge on any atom is -0.846 e. The molecule has 3 rings (SSSR count). The summed E-state index contributed by atoms with van der Waals surface area (Å²) in [6, 6.07) is 5.82. The number of rotatable bonds is 18. The number of phenolic OH excluding ortho intramolecular Hbond substituents is 1. The van der Waals surface area contributed by atoms with Crippen molar-refractivity contribution in [1.29, 1.82) is 0 Å². The molecule has 24 nitrogen and oxygen atoms in total. The average Bonchev–Trinajstić information content (AvgIpc) is 3.08. The van der Waals surface area contributed by atoms with Crippen molar-refractivity contribution in [2.24, 2.45) is 20.3 Å². The first-order chi connectivity index (χ1) is 26.2. The monoisotopic (exact) mass is 1070 g/mol. The topological polar surface area (TPSA) is 405 Å². The Balaban J connectivity index is -0.00000696. The van der Waals surface area contributed by atoms with Crippen molar-refractivity contribution in [3.05, 3.63) is 71.1 Å². The van der Waals surface area contributed by atoms with Crippen LogP contribution in [0.1, 0.15) is 15.9 Å². The van der Waals surface area contributed by atoms with Gasteiger partial charge in [0.25, 0.3) is 0 Å². The summed E-state index contributed by atoms with van der Waals surface area (Å²) in [5, 5.41) is 45.8. The first-order valence-corrected chi connectivity index (χ1v) is 22.9. The van der Waals surface area contributed by atoms with E-state index in [0.29, 0.717) is 24.3 Å². The van der Waals surface area contributed by atoms with E-state index in [1.165, 1.54) is 0 Å². The number of carboxylic acids is 1. The number of aromatic hydroxyl groups is 1. The van der Waals surface area contributed by atoms with Gasteiger partial charge in [0.05, 0.1) is 56.8 Å². The zero-order valence-corrected chi connectivity index (χ0v) is 46.1. The van der Waals surface area contributed by atoms with Crippen LogP contribution in [0.4, 0.5) is 17.1 Å². The number of aliphatic imine (C=N–C) groups is 1. The van der Waals surface area contributed by atoms with E-state index in [2.05, 4.69) is 29.9 Å². The zero-order chi connectivity index (χ0) is 43.0. The number of carboxylic acid groups (broad SMARTS) is 1. The Morgan fingerprint density at radius 1 is 0.790 bits per heavy atom. The van der Waals surface area contributed by atoms with Gasteiger partial charge in [-0.05, 0) is 48.5 Å². The van der Waals surface area contributed by atoms with Crippen molar-refractivity contribution in [2.75, 3.05) is 41.6 Å². The van der Waals surface area contributed by atoms with E-state index < -0.39 is 137 Å². The number of nitrogens with one attached hydrogen (secondary N) is 1. The fraction of sp³-hybridized carbons (Fsp3) is 0.222. The van der Waals surface area contributed by atoms with Gasteiger partial charge in [0.2, 0.25) is 10.4 Å². The number of carbonyl (C=O) groups is 1. The number of alkyl halides is 1. The predicted octanol–water partition coefficient (Wildman–Crippen LogP) is -11.9. The quantitative estimate of drug-likeness (QED) is 0.0123. The predicted molar refractivity (Wildman–Crippen MR) is 191 cm³/mol. The molecule has 0 saturated carbocycles. The second kappa shape index (κ2) is 28.1. The molecule has 0 spiro atoms. The molecule has 35 heteroatoms. The number of hydrogen-bond acceptors (Lipinski definition) is 20. The van der Waals surface area contributed by atoms with E-state index in [-0.39, 0.29) is 152 Å². The molecule has 0 amide bonds. The summed E-state index contributed by atoms with van der Waals surface area (Å²) in [7, 11) is -23.7. The standard InChI is InChI=1S/C27H29ClN6O18S5.Cu.4Na/c28-7-10-54(41,42)17-3-1-16(2-4-17)25(33-31-21-13-18(55(43,44)45)5-6-20(21)26(36)37)34-32-23-15-19(56(46,47)48)14-22(24(23)35)30-27(38)29-8-11-53(39,40)12-9-52-57(49,50)51;;;;;/h1-6,13-15H,7-12H2,(H8,29,30,31,32,33,34,35,36,37,38,43,44,45,46,47,48,49,50,51);;;;;/q;+2;4*+1/p-5. The van der Waals surface area contributed by atoms with Crippen molar-refractivity contribution < 1.29 is 215 Å². The number of azo groups is 1. The van der Waals surface area contributed by atoms with E-state index in [4.69, 9.17) is 11.6 Å². The number of phenols is 1. The molecule has 0 aliphatic heterocycles. The SMILES string of the molecule is O=C(O)c1ccc(S(=O)(=O)[O-])cc1[N-]/N=C(\N=Nc1cc(S(=O)(=O)[O-])cc(NC([O-])=NCCS(=O)(=O)CCOS(=O)(=O)[O-])c1O)c1ccc(S(=O)(=O)CCCl)cc1.[Cu+2].[Na+].[Na+].[Na+].[Na+]. The molecule has 62 heavy (non-hydrogen) atoms. The Morgan fingerprint density at radius 2 is 1.35 bits per heavy atom. The van der Waals surface area contributed by atoms with Crippen LogP contribution >= 0.6 is 11.6 Å². The molecule has 0 aromatic heterocycles.